The highest BCUT2D eigenvalue weighted by Crippen LogP contribution is 2.30. The molecule has 0 unspecified atom stereocenters. The van der Waals surface area contributed by atoms with Crippen LogP contribution in [-0.4, -0.2) is 53.2 Å². The van der Waals surface area contributed by atoms with Crippen molar-refractivity contribution in [3.63, 3.8) is 0 Å². The van der Waals surface area contributed by atoms with Gasteiger partial charge in [0.1, 0.15) is 5.69 Å². The zero-order chi connectivity index (χ0) is 19.5. The number of methoxy groups -OCH3 is 2. The number of carbonyl (C=O) groups is 1. The minimum Gasteiger partial charge on any atom is -0.493 e. The lowest BCUT2D eigenvalue weighted by molar-refractivity contribution is -0.135. The highest BCUT2D eigenvalue weighted by molar-refractivity contribution is 5.80. The first-order chi connectivity index (χ1) is 13.7. The van der Waals surface area contributed by atoms with E-state index in [0.29, 0.717) is 48.4 Å². The molecule has 3 heterocycles. The molecule has 0 spiro atoms. The number of nitrogens with zero attached hydrogens (tertiary/aromatic N) is 4. The van der Waals surface area contributed by atoms with Crippen molar-refractivity contribution in [2.75, 3.05) is 27.3 Å². The average molecular weight is 380 g/mol. The van der Waals surface area contributed by atoms with Crippen LogP contribution in [0.4, 0.5) is 0 Å². The van der Waals surface area contributed by atoms with E-state index in [9.17, 15) is 4.79 Å². The first-order valence-corrected chi connectivity index (χ1v) is 8.91. The average Bonchev–Trinajstić information content (AvgIpc) is 3.17. The van der Waals surface area contributed by atoms with Gasteiger partial charge in [-0.2, -0.15) is 4.98 Å². The van der Waals surface area contributed by atoms with Crippen LogP contribution in [0.2, 0.25) is 0 Å². The molecule has 1 aliphatic rings. The van der Waals surface area contributed by atoms with Crippen LogP contribution in [-0.2, 0) is 11.2 Å². The van der Waals surface area contributed by atoms with Crippen molar-refractivity contribution in [2.24, 2.45) is 0 Å². The minimum atomic E-state index is 0.0490. The van der Waals surface area contributed by atoms with E-state index in [1.54, 1.807) is 31.4 Å². The molecule has 4 rings (SSSR count). The van der Waals surface area contributed by atoms with Gasteiger partial charge in [0.05, 0.1) is 26.6 Å². The summed E-state index contributed by atoms with van der Waals surface area (Å²) in [5.41, 5.74) is 1.54. The molecule has 1 amide bonds. The van der Waals surface area contributed by atoms with Crippen molar-refractivity contribution in [1.82, 2.24) is 20.0 Å². The summed E-state index contributed by atoms with van der Waals surface area (Å²) in [6.45, 7) is 1.13. The number of likely N-dealkylation sites (tertiary alicyclic amines) is 1. The number of hydrogen-bond donors (Lipinski definition) is 0. The Kier molecular flexibility index (Phi) is 4.92. The molecule has 1 fully saturated rings. The third-order valence-electron chi connectivity index (χ3n) is 4.72. The molecule has 28 heavy (non-hydrogen) atoms. The Labute approximate surface area is 162 Å². The van der Waals surface area contributed by atoms with Gasteiger partial charge in [-0.3, -0.25) is 9.78 Å². The molecular formula is C20H20N4O4. The zero-order valence-corrected chi connectivity index (χ0v) is 15.7. The molecular weight excluding hydrogens is 360 g/mol. The molecule has 144 valence electrons. The second-order valence-electron chi connectivity index (χ2n) is 6.53. The Morgan fingerprint density at radius 2 is 2.00 bits per heavy atom. The third-order valence-corrected chi connectivity index (χ3v) is 4.72. The van der Waals surface area contributed by atoms with Crippen molar-refractivity contribution < 1.29 is 18.8 Å². The number of aromatic nitrogens is 3. The fraction of sp³-hybridized carbons (Fsp3) is 0.300. The Morgan fingerprint density at radius 1 is 1.18 bits per heavy atom. The van der Waals surface area contributed by atoms with E-state index in [-0.39, 0.29) is 11.8 Å². The van der Waals surface area contributed by atoms with Gasteiger partial charge in [0.25, 0.3) is 0 Å². The lowest BCUT2D eigenvalue weighted by atomic mass is 9.98. The third kappa shape index (κ3) is 3.53. The molecule has 1 aromatic carbocycles. The lowest BCUT2D eigenvalue weighted by Crippen LogP contribution is -2.49. The summed E-state index contributed by atoms with van der Waals surface area (Å²) >= 11 is 0. The second kappa shape index (κ2) is 7.67. The fourth-order valence-corrected chi connectivity index (χ4v) is 3.12. The van der Waals surface area contributed by atoms with Crippen molar-refractivity contribution in [3.05, 3.63) is 54.0 Å². The summed E-state index contributed by atoms with van der Waals surface area (Å²) in [5, 5.41) is 3.98. The smallest absolute Gasteiger partial charge is 0.233 e. The highest BCUT2D eigenvalue weighted by atomic mass is 16.5. The van der Waals surface area contributed by atoms with Crippen molar-refractivity contribution in [2.45, 2.75) is 12.3 Å². The van der Waals surface area contributed by atoms with E-state index < -0.39 is 0 Å². The number of rotatable bonds is 6. The maximum Gasteiger partial charge on any atom is 0.233 e. The highest BCUT2D eigenvalue weighted by Gasteiger charge is 2.35. The molecule has 8 nitrogen and oxygen atoms in total. The predicted octanol–water partition coefficient (Wildman–Crippen LogP) is 2.32. The first-order valence-electron chi connectivity index (χ1n) is 8.91. The van der Waals surface area contributed by atoms with Gasteiger partial charge in [-0.25, -0.2) is 0 Å². The molecule has 0 radical (unpaired) electrons. The molecule has 0 atom stereocenters. The largest absolute Gasteiger partial charge is 0.493 e. The van der Waals surface area contributed by atoms with Gasteiger partial charge in [-0.15, -0.1) is 0 Å². The molecule has 0 saturated carbocycles. The molecule has 1 aliphatic heterocycles. The lowest BCUT2D eigenvalue weighted by Gasteiger charge is -2.37. The summed E-state index contributed by atoms with van der Waals surface area (Å²) in [6, 6.07) is 11.0. The molecule has 0 N–H and O–H groups in total. The van der Waals surface area contributed by atoms with Crippen LogP contribution >= 0.6 is 0 Å². The van der Waals surface area contributed by atoms with Crippen molar-refractivity contribution in [3.8, 4) is 23.0 Å². The summed E-state index contributed by atoms with van der Waals surface area (Å²) in [7, 11) is 3.16. The molecule has 2 aromatic heterocycles. The van der Waals surface area contributed by atoms with E-state index in [1.165, 1.54) is 0 Å². The monoisotopic (exact) mass is 380 g/mol. The molecule has 8 heteroatoms. The summed E-state index contributed by atoms with van der Waals surface area (Å²) in [6.07, 6.45) is 1.99. The van der Waals surface area contributed by atoms with Crippen LogP contribution < -0.4 is 9.47 Å². The minimum absolute atomic E-state index is 0.0490. The Morgan fingerprint density at radius 3 is 2.71 bits per heavy atom. The van der Waals surface area contributed by atoms with Crippen LogP contribution in [0.1, 0.15) is 17.4 Å². The Bertz CT molecular complexity index is 967. The van der Waals surface area contributed by atoms with Gasteiger partial charge in [0, 0.05) is 19.3 Å². The van der Waals surface area contributed by atoms with Gasteiger partial charge in [0.15, 0.2) is 11.5 Å². The van der Waals surface area contributed by atoms with Crippen LogP contribution in [0.5, 0.6) is 11.5 Å². The van der Waals surface area contributed by atoms with Crippen LogP contribution in [0, 0.1) is 0 Å². The topological polar surface area (TPSA) is 90.6 Å². The van der Waals surface area contributed by atoms with E-state index in [1.807, 2.05) is 30.3 Å². The van der Waals surface area contributed by atoms with Crippen LogP contribution in [0.25, 0.3) is 11.5 Å². The number of carbonyl (C=O) groups excluding carboxylic acids is 1. The van der Waals surface area contributed by atoms with Crippen LogP contribution in [0.15, 0.2) is 47.1 Å². The number of ether oxygens (including phenoxy) is 2. The standard InChI is InChI=1S/C20H20N4O4/c1-26-16-7-6-13(9-17(16)27-2)10-18(25)24-11-14(12-24)20-22-19(23-28-20)15-5-3-4-8-21-15/h3-9,14H,10-12H2,1-2H3. The number of benzene rings is 1. The van der Waals surface area contributed by atoms with E-state index >= 15 is 0 Å². The van der Waals surface area contributed by atoms with Crippen molar-refractivity contribution >= 4 is 5.91 Å². The zero-order valence-electron chi connectivity index (χ0n) is 15.7. The first kappa shape index (κ1) is 18.0. The number of amides is 1. The molecule has 3 aromatic rings. The summed E-state index contributed by atoms with van der Waals surface area (Å²) in [4.78, 5) is 22.9. The van der Waals surface area contributed by atoms with Gasteiger partial charge in [-0.05, 0) is 29.8 Å². The van der Waals surface area contributed by atoms with E-state index in [4.69, 9.17) is 14.0 Å². The SMILES string of the molecule is COc1ccc(CC(=O)N2CC(c3nc(-c4ccccn4)no3)C2)cc1OC. The second-order valence-corrected chi connectivity index (χ2v) is 6.53. The summed E-state index contributed by atoms with van der Waals surface area (Å²) in [5.74, 6) is 2.36. The maximum atomic E-state index is 12.5. The predicted molar refractivity (Wildman–Crippen MR) is 100 cm³/mol. The quantitative estimate of drug-likeness (QED) is 0.648. The molecule has 0 aliphatic carbocycles. The van der Waals surface area contributed by atoms with Gasteiger partial charge < -0.3 is 18.9 Å². The number of pyridine rings is 1. The Hall–Kier alpha value is -3.42. The van der Waals surface area contributed by atoms with E-state index in [2.05, 4.69) is 15.1 Å². The van der Waals surface area contributed by atoms with Gasteiger partial charge in [-0.1, -0.05) is 17.3 Å². The fourth-order valence-electron chi connectivity index (χ4n) is 3.12. The van der Waals surface area contributed by atoms with Crippen LogP contribution in [0.3, 0.4) is 0 Å². The van der Waals surface area contributed by atoms with Gasteiger partial charge in [0.2, 0.25) is 17.6 Å². The molecule has 1 saturated heterocycles. The molecule has 0 bridgehead atoms. The normalized spacial score (nSPS) is 13.9. The van der Waals surface area contributed by atoms with Gasteiger partial charge >= 0.3 is 0 Å². The van der Waals surface area contributed by atoms with Crippen molar-refractivity contribution in [1.29, 1.82) is 0 Å². The maximum absolute atomic E-state index is 12.5. The summed E-state index contributed by atoms with van der Waals surface area (Å²) < 4.78 is 15.9. The number of hydrogen-bond acceptors (Lipinski definition) is 7. The Balaban J connectivity index is 1.35. The van der Waals surface area contributed by atoms with E-state index in [0.717, 1.165) is 5.56 Å².